The van der Waals surface area contributed by atoms with Crippen LogP contribution in [0.2, 0.25) is 5.02 Å². The monoisotopic (exact) mass is 669 g/mol. The fourth-order valence-electron chi connectivity index (χ4n) is 5.39. The van der Waals surface area contributed by atoms with Crippen LogP contribution in [0.15, 0.2) is 53.2 Å². The summed E-state index contributed by atoms with van der Waals surface area (Å²) in [6.07, 6.45) is -1.47. The Balaban J connectivity index is 0.000000662. The minimum atomic E-state index is -4.64. The highest BCUT2D eigenvalue weighted by atomic mass is 35.5. The number of aryl methyl sites for hydroxylation is 4. The van der Waals surface area contributed by atoms with E-state index in [9.17, 15) is 22.8 Å². The minimum absolute atomic E-state index is 0.0380. The molecule has 2 aliphatic rings. The van der Waals surface area contributed by atoms with Crippen molar-refractivity contribution >= 4 is 58.5 Å². The van der Waals surface area contributed by atoms with Crippen molar-refractivity contribution in [3.8, 4) is 0 Å². The molecule has 47 heavy (non-hydrogen) atoms. The molecule has 2 aromatic heterocycles. The van der Waals surface area contributed by atoms with Crippen molar-refractivity contribution in [2.75, 3.05) is 29.0 Å². The molecule has 0 radical (unpaired) electrons. The van der Waals surface area contributed by atoms with Gasteiger partial charge in [-0.05, 0) is 81.0 Å². The number of carbonyl (C=O) groups excluding carboxylic acids is 3. The van der Waals surface area contributed by atoms with Crippen LogP contribution < -0.4 is 16.0 Å². The van der Waals surface area contributed by atoms with E-state index in [0.29, 0.717) is 59.7 Å². The van der Waals surface area contributed by atoms with Gasteiger partial charge < -0.3 is 25.4 Å². The van der Waals surface area contributed by atoms with Gasteiger partial charge in [-0.15, -0.1) is 0 Å². The highest BCUT2D eigenvalue weighted by Crippen LogP contribution is 2.30. The van der Waals surface area contributed by atoms with Gasteiger partial charge in [-0.1, -0.05) is 28.9 Å². The standard InChI is InChI=1S/C30H30ClN7O3.C2HF3O/c1-17-26(18(2)41-37-17)29(40)38-12-10-20(11-13-38)28(39)35-25-9-8-23-15-21(25)7-6-19-4-3-5-22(14-19)34-30-32-16-24(31)27(33-23)36-30;3-2(4,5)1-6/h3-5,8-9,14-16,20H,6-7,10-13H2,1-2H3,(H,35,39)(H2,32,33,34,36);1H. The van der Waals surface area contributed by atoms with Gasteiger partial charge in [0.05, 0.1) is 11.9 Å². The number of anilines is 5. The van der Waals surface area contributed by atoms with Gasteiger partial charge in [-0.2, -0.15) is 18.2 Å². The number of piperidine rings is 1. The number of aromatic nitrogens is 3. The zero-order valence-electron chi connectivity index (χ0n) is 25.4. The van der Waals surface area contributed by atoms with E-state index in [0.717, 1.165) is 41.0 Å². The van der Waals surface area contributed by atoms with E-state index in [-0.39, 0.29) is 17.7 Å². The summed E-state index contributed by atoms with van der Waals surface area (Å²) in [5.41, 5.74) is 5.71. The Morgan fingerprint density at radius 3 is 2.47 bits per heavy atom. The number of benzene rings is 2. The first-order valence-electron chi connectivity index (χ1n) is 14.7. The quantitative estimate of drug-likeness (QED) is 0.207. The molecule has 3 N–H and O–H groups in total. The normalized spacial score (nSPS) is 14.6. The lowest BCUT2D eigenvalue weighted by molar-refractivity contribution is -0.156. The summed E-state index contributed by atoms with van der Waals surface area (Å²) in [4.78, 5) is 45.7. The van der Waals surface area contributed by atoms with E-state index in [4.69, 9.17) is 20.9 Å². The highest BCUT2D eigenvalue weighted by molar-refractivity contribution is 6.32. The summed E-state index contributed by atoms with van der Waals surface area (Å²) in [6.45, 7) is 4.51. The molecule has 2 aromatic carbocycles. The van der Waals surface area contributed by atoms with E-state index in [1.54, 1.807) is 24.9 Å². The first-order chi connectivity index (χ1) is 22.4. The molecule has 0 saturated carbocycles. The van der Waals surface area contributed by atoms with Crippen LogP contribution in [0, 0.1) is 19.8 Å². The van der Waals surface area contributed by atoms with Crippen LogP contribution in [0.25, 0.3) is 0 Å². The number of halogens is 4. The second-order valence-electron chi connectivity index (χ2n) is 11.1. The van der Waals surface area contributed by atoms with Crippen LogP contribution in [-0.2, 0) is 22.4 Å². The van der Waals surface area contributed by atoms with E-state index >= 15 is 0 Å². The predicted octanol–water partition coefficient (Wildman–Crippen LogP) is 6.56. The summed E-state index contributed by atoms with van der Waals surface area (Å²) < 4.78 is 36.4. The molecule has 6 rings (SSSR count). The molecule has 11 nitrogen and oxygen atoms in total. The van der Waals surface area contributed by atoms with Gasteiger partial charge in [0.2, 0.25) is 18.1 Å². The van der Waals surface area contributed by atoms with Crippen LogP contribution in [0.5, 0.6) is 0 Å². The maximum absolute atomic E-state index is 13.4. The van der Waals surface area contributed by atoms with Gasteiger partial charge in [0.25, 0.3) is 5.91 Å². The number of alkyl halides is 3. The van der Waals surface area contributed by atoms with Gasteiger partial charge in [-0.3, -0.25) is 14.4 Å². The lowest BCUT2D eigenvalue weighted by Crippen LogP contribution is -2.41. The number of hydrogen-bond donors (Lipinski definition) is 3. The molecule has 2 amide bonds. The fraction of sp³-hybridized carbons (Fsp3) is 0.312. The predicted molar refractivity (Wildman–Crippen MR) is 169 cm³/mol. The first-order valence-corrected chi connectivity index (χ1v) is 15.1. The largest absolute Gasteiger partial charge is 0.446 e. The molecule has 0 aliphatic carbocycles. The van der Waals surface area contributed by atoms with Crippen molar-refractivity contribution in [3.63, 3.8) is 0 Å². The third-order valence-electron chi connectivity index (χ3n) is 7.77. The van der Waals surface area contributed by atoms with Crippen LogP contribution in [0.1, 0.15) is 45.8 Å². The number of nitrogens with one attached hydrogen (secondary N) is 3. The Morgan fingerprint density at radius 1 is 1.06 bits per heavy atom. The third kappa shape index (κ3) is 8.44. The average Bonchev–Trinajstić information content (AvgIpc) is 3.39. The molecule has 0 spiro atoms. The minimum Gasteiger partial charge on any atom is -0.361 e. The van der Waals surface area contributed by atoms with E-state index in [1.807, 2.05) is 30.3 Å². The van der Waals surface area contributed by atoms with Crippen LogP contribution in [0.3, 0.4) is 0 Å². The SMILES string of the molecule is Cc1noc(C)c1C(=O)N1CCC(C(=O)Nc2ccc3cc2CCc2cccc(c2)Nc2ncc(Cl)c(n2)N3)CC1.O=CC(F)(F)F. The Labute approximate surface area is 272 Å². The number of fused-ring (bicyclic) bond motifs is 6. The first kappa shape index (κ1) is 33.4. The molecule has 1 saturated heterocycles. The molecule has 4 heterocycles. The Morgan fingerprint density at radius 2 is 1.79 bits per heavy atom. The number of amides is 2. The zero-order chi connectivity index (χ0) is 33.7. The second kappa shape index (κ2) is 14.2. The van der Waals surface area contributed by atoms with Gasteiger partial charge in [0.1, 0.15) is 16.3 Å². The fourth-order valence-corrected chi connectivity index (χ4v) is 5.53. The molecular formula is C32H31ClF3N7O4. The molecular weight excluding hydrogens is 639 g/mol. The van der Waals surface area contributed by atoms with Crippen LogP contribution >= 0.6 is 11.6 Å². The maximum atomic E-state index is 13.4. The van der Waals surface area contributed by atoms with E-state index < -0.39 is 12.5 Å². The van der Waals surface area contributed by atoms with Crippen molar-refractivity contribution in [1.29, 1.82) is 0 Å². The number of aldehydes is 1. The molecule has 1 fully saturated rings. The number of carbonyl (C=O) groups is 3. The topological polar surface area (TPSA) is 142 Å². The van der Waals surface area contributed by atoms with Gasteiger partial charge in [-0.25, -0.2) is 4.98 Å². The molecule has 15 heteroatoms. The number of hydrogen-bond acceptors (Lipinski definition) is 9. The smallest absolute Gasteiger partial charge is 0.361 e. The summed E-state index contributed by atoms with van der Waals surface area (Å²) in [5, 5.41) is 14.0. The van der Waals surface area contributed by atoms with Gasteiger partial charge in [0.15, 0.2) is 5.82 Å². The van der Waals surface area contributed by atoms with E-state index in [2.05, 4.69) is 43.2 Å². The molecule has 4 aromatic rings. The maximum Gasteiger partial charge on any atom is 0.446 e. The van der Waals surface area contributed by atoms with Crippen LogP contribution in [-0.4, -0.2) is 57.4 Å². The molecule has 2 aliphatic heterocycles. The molecule has 0 atom stereocenters. The number of nitrogens with zero attached hydrogens (tertiary/aromatic N) is 4. The Hall–Kier alpha value is -4.98. The summed E-state index contributed by atoms with van der Waals surface area (Å²) in [6, 6.07) is 13.9. The zero-order valence-corrected chi connectivity index (χ0v) is 26.2. The van der Waals surface area contributed by atoms with Crippen molar-refractivity contribution < 1.29 is 32.1 Å². The lowest BCUT2D eigenvalue weighted by atomic mass is 9.94. The van der Waals surface area contributed by atoms with Crippen molar-refractivity contribution in [1.82, 2.24) is 20.0 Å². The number of likely N-dealkylation sites (tertiary alicyclic amines) is 1. The third-order valence-corrected chi connectivity index (χ3v) is 8.05. The average molecular weight is 670 g/mol. The Kier molecular flexibility index (Phi) is 10.1. The number of rotatable bonds is 3. The van der Waals surface area contributed by atoms with Crippen molar-refractivity contribution in [2.45, 2.75) is 45.7 Å². The van der Waals surface area contributed by atoms with Crippen molar-refractivity contribution in [3.05, 3.63) is 81.8 Å². The summed E-state index contributed by atoms with van der Waals surface area (Å²) in [5.74, 6) is 1.13. The van der Waals surface area contributed by atoms with Crippen LogP contribution in [0.4, 0.5) is 42.0 Å². The van der Waals surface area contributed by atoms with Crippen molar-refractivity contribution in [2.24, 2.45) is 5.92 Å². The summed E-state index contributed by atoms with van der Waals surface area (Å²) >= 11 is 6.39. The lowest BCUT2D eigenvalue weighted by Gasteiger charge is -2.31. The second-order valence-corrected chi connectivity index (χ2v) is 11.5. The molecule has 246 valence electrons. The van der Waals surface area contributed by atoms with Gasteiger partial charge >= 0.3 is 6.18 Å². The van der Waals surface area contributed by atoms with Gasteiger partial charge in [0, 0.05) is 36.1 Å². The van der Waals surface area contributed by atoms with E-state index in [1.165, 1.54) is 0 Å². The molecule has 6 bridgehead atoms. The Bertz CT molecular complexity index is 1770. The highest BCUT2D eigenvalue weighted by Gasteiger charge is 2.30. The molecule has 0 unspecified atom stereocenters. The summed E-state index contributed by atoms with van der Waals surface area (Å²) in [7, 11) is 0.